The fourth-order valence-electron chi connectivity index (χ4n) is 1.45. The lowest BCUT2D eigenvalue weighted by molar-refractivity contribution is 0.0697. The summed E-state index contributed by atoms with van der Waals surface area (Å²) in [6.07, 6.45) is 0. The van der Waals surface area contributed by atoms with Gasteiger partial charge in [0.2, 0.25) is 0 Å². The van der Waals surface area contributed by atoms with Gasteiger partial charge < -0.3 is 15.6 Å². The van der Waals surface area contributed by atoms with Crippen molar-refractivity contribution in [2.24, 2.45) is 0 Å². The quantitative estimate of drug-likeness (QED) is 0.838. The second kappa shape index (κ2) is 5.38. The summed E-state index contributed by atoms with van der Waals surface area (Å²) in [6.45, 7) is 0. The van der Waals surface area contributed by atoms with Crippen molar-refractivity contribution in [3.8, 4) is 11.5 Å². The van der Waals surface area contributed by atoms with Crippen molar-refractivity contribution in [3.05, 3.63) is 52.0 Å². The molecule has 0 heterocycles. The first-order chi connectivity index (χ1) is 8.97. The Balaban J connectivity index is 2.33. The van der Waals surface area contributed by atoms with Crippen LogP contribution in [0.5, 0.6) is 11.5 Å². The summed E-state index contributed by atoms with van der Waals surface area (Å²) < 4.78 is 5.52. The van der Waals surface area contributed by atoms with Crippen LogP contribution in [0.2, 0.25) is 10.0 Å². The molecule has 2 aromatic carbocycles. The zero-order chi connectivity index (χ0) is 14.0. The standard InChI is InChI=1S/C13H9Cl2NO3/c14-8-2-3-9(15)12(6-8)19-11-4-1-7(13(17)18)5-10(11)16/h1-6H,16H2,(H,17,18). The molecule has 0 spiro atoms. The number of benzene rings is 2. The van der Waals surface area contributed by atoms with Crippen LogP contribution in [0, 0.1) is 0 Å². The number of anilines is 1. The zero-order valence-corrected chi connectivity index (χ0v) is 11.1. The molecule has 2 rings (SSSR count). The van der Waals surface area contributed by atoms with E-state index in [0.717, 1.165) is 0 Å². The third-order valence-corrected chi connectivity index (χ3v) is 2.92. The van der Waals surface area contributed by atoms with E-state index in [9.17, 15) is 4.79 Å². The Bertz CT molecular complexity index is 644. The molecule has 0 radical (unpaired) electrons. The van der Waals surface area contributed by atoms with Crippen molar-refractivity contribution in [1.29, 1.82) is 0 Å². The Kier molecular flexibility index (Phi) is 3.83. The van der Waals surface area contributed by atoms with Crippen molar-refractivity contribution in [3.63, 3.8) is 0 Å². The van der Waals surface area contributed by atoms with Crippen LogP contribution in [0.25, 0.3) is 0 Å². The summed E-state index contributed by atoms with van der Waals surface area (Å²) in [5.41, 5.74) is 6.02. The molecule has 19 heavy (non-hydrogen) atoms. The lowest BCUT2D eigenvalue weighted by Crippen LogP contribution is -1.99. The van der Waals surface area contributed by atoms with Crippen LogP contribution < -0.4 is 10.5 Å². The molecule has 0 bridgehead atoms. The summed E-state index contributed by atoms with van der Waals surface area (Å²) in [7, 11) is 0. The number of hydrogen-bond acceptors (Lipinski definition) is 3. The second-order valence-electron chi connectivity index (χ2n) is 3.73. The minimum atomic E-state index is -1.06. The van der Waals surface area contributed by atoms with E-state index in [0.29, 0.717) is 21.5 Å². The van der Waals surface area contributed by atoms with E-state index in [-0.39, 0.29) is 11.3 Å². The molecule has 4 nitrogen and oxygen atoms in total. The van der Waals surface area contributed by atoms with Crippen LogP contribution in [0.4, 0.5) is 5.69 Å². The highest BCUT2D eigenvalue weighted by molar-refractivity contribution is 6.34. The maximum absolute atomic E-state index is 10.8. The average molecular weight is 298 g/mol. The zero-order valence-electron chi connectivity index (χ0n) is 9.56. The van der Waals surface area contributed by atoms with Gasteiger partial charge in [0.25, 0.3) is 0 Å². The molecule has 3 N–H and O–H groups in total. The van der Waals surface area contributed by atoms with Crippen LogP contribution in [-0.2, 0) is 0 Å². The number of carboxylic acids is 1. The van der Waals surface area contributed by atoms with Crippen LogP contribution in [0.3, 0.4) is 0 Å². The first-order valence-electron chi connectivity index (χ1n) is 5.23. The number of rotatable bonds is 3. The van der Waals surface area contributed by atoms with E-state index in [1.165, 1.54) is 18.2 Å². The van der Waals surface area contributed by atoms with Gasteiger partial charge in [0.1, 0.15) is 11.5 Å². The van der Waals surface area contributed by atoms with E-state index < -0.39 is 5.97 Å². The number of carbonyl (C=O) groups is 1. The molecular formula is C13H9Cl2NO3. The van der Waals surface area contributed by atoms with Crippen LogP contribution >= 0.6 is 23.2 Å². The average Bonchev–Trinajstić information content (AvgIpc) is 2.36. The van der Waals surface area contributed by atoms with Gasteiger partial charge in [0.15, 0.2) is 0 Å². The summed E-state index contributed by atoms with van der Waals surface area (Å²) in [5.74, 6) is -0.392. The van der Waals surface area contributed by atoms with Gasteiger partial charge in [0, 0.05) is 11.1 Å². The van der Waals surface area contributed by atoms with Crippen molar-refractivity contribution in [1.82, 2.24) is 0 Å². The summed E-state index contributed by atoms with van der Waals surface area (Å²) in [6, 6.07) is 8.96. The van der Waals surface area contributed by atoms with Gasteiger partial charge in [-0.3, -0.25) is 0 Å². The van der Waals surface area contributed by atoms with Crippen molar-refractivity contribution >= 4 is 34.9 Å². The molecule has 0 atom stereocenters. The Morgan fingerprint density at radius 2 is 1.84 bits per heavy atom. The largest absolute Gasteiger partial charge is 0.478 e. The highest BCUT2D eigenvalue weighted by Crippen LogP contribution is 2.34. The monoisotopic (exact) mass is 297 g/mol. The van der Waals surface area contributed by atoms with Crippen molar-refractivity contribution in [2.45, 2.75) is 0 Å². The highest BCUT2D eigenvalue weighted by Gasteiger charge is 2.10. The third kappa shape index (κ3) is 3.10. The predicted octanol–water partition coefficient (Wildman–Crippen LogP) is 4.07. The topological polar surface area (TPSA) is 72.6 Å². The van der Waals surface area contributed by atoms with Crippen molar-refractivity contribution in [2.75, 3.05) is 5.73 Å². The van der Waals surface area contributed by atoms with Crippen molar-refractivity contribution < 1.29 is 14.6 Å². The van der Waals surface area contributed by atoms with Gasteiger partial charge in [-0.05, 0) is 30.3 Å². The molecule has 0 aromatic heterocycles. The molecule has 0 amide bonds. The van der Waals surface area contributed by atoms with Gasteiger partial charge in [-0.1, -0.05) is 23.2 Å². The fraction of sp³-hybridized carbons (Fsp3) is 0. The van der Waals surface area contributed by atoms with Crippen LogP contribution in [0.1, 0.15) is 10.4 Å². The van der Waals surface area contributed by atoms with Crippen LogP contribution in [0.15, 0.2) is 36.4 Å². The highest BCUT2D eigenvalue weighted by atomic mass is 35.5. The van der Waals surface area contributed by atoms with Gasteiger partial charge >= 0.3 is 5.97 Å². The lowest BCUT2D eigenvalue weighted by Gasteiger charge is -2.10. The van der Waals surface area contributed by atoms with Crippen LogP contribution in [-0.4, -0.2) is 11.1 Å². The lowest BCUT2D eigenvalue weighted by atomic mass is 10.2. The van der Waals surface area contributed by atoms with Gasteiger partial charge in [0.05, 0.1) is 16.3 Å². The summed E-state index contributed by atoms with van der Waals surface area (Å²) >= 11 is 11.8. The number of nitrogens with two attached hydrogens (primary N) is 1. The molecule has 0 aliphatic carbocycles. The number of hydrogen-bond donors (Lipinski definition) is 2. The molecule has 2 aromatic rings. The van der Waals surface area contributed by atoms with E-state index in [1.807, 2.05) is 0 Å². The molecule has 0 unspecified atom stereocenters. The SMILES string of the molecule is Nc1cc(C(=O)O)ccc1Oc1cc(Cl)ccc1Cl. The first kappa shape index (κ1) is 13.5. The first-order valence-corrected chi connectivity index (χ1v) is 5.98. The minimum absolute atomic E-state index is 0.0852. The molecule has 6 heteroatoms. The number of nitrogen functional groups attached to an aromatic ring is 1. The predicted molar refractivity (Wildman–Crippen MR) is 74.3 cm³/mol. The number of halogens is 2. The number of aromatic carboxylic acids is 1. The van der Waals surface area contributed by atoms with E-state index in [1.54, 1.807) is 18.2 Å². The molecule has 0 fully saturated rings. The maximum atomic E-state index is 10.8. The Morgan fingerprint density at radius 3 is 2.47 bits per heavy atom. The van der Waals surface area contributed by atoms with E-state index >= 15 is 0 Å². The number of ether oxygens (including phenoxy) is 1. The normalized spacial score (nSPS) is 10.2. The Labute approximate surface area is 119 Å². The Hall–Kier alpha value is -1.91. The smallest absolute Gasteiger partial charge is 0.335 e. The summed E-state index contributed by atoms with van der Waals surface area (Å²) in [5, 5.41) is 9.69. The molecule has 0 saturated heterocycles. The molecule has 0 aliphatic heterocycles. The Morgan fingerprint density at radius 1 is 1.11 bits per heavy atom. The van der Waals surface area contributed by atoms with E-state index in [4.69, 9.17) is 38.8 Å². The maximum Gasteiger partial charge on any atom is 0.335 e. The molecule has 0 saturated carbocycles. The fourth-order valence-corrected chi connectivity index (χ4v) is 1.77. The third-order valence-electron chi connectivity index (χ3n) is 2.37. The number of carboxylic acid groups (broad SMARTS) is 1. The molecule has 98 valence electrons. The van der Waals surface area contributed by atoms with Gasteiger partial charge in [-0.25, -0.2) is 4.79 Å². The summed E-state index contributed by atoms with van der Waals surface area (Å²) in [4.78, 5) is 10.8. The van der Waals surface area contributed by atoms with Gasteiger partial charge in [-0.15, -0.1) is 0 Å². The molecule has 0 aliphatic rings. The van der Waals surface area contributed by atoms with Gasteiger partial charge in [-0.2, -0.15) is 0 Å². The molecular weight excluding hydrogens is 289 g/mol. The second-order valence-corrected chi connectivity index (χ2v) is 4.58. The minimum Gasteiger partial charge on any atom is -0.478 e. The van der Waals surface area contributed by atoms with E-state index in [2.05, 4.69) is 0 Å².